The number of piperazine rings is 1. The van der Waals surface area contributed by atoms with Crippen molar-refractivity contribution in [2.24, 2.45) is 0 Å². The quantitative estimate of drug-likeness (QED) is 0.429. The molecule has 33 heavy (non-hydrogen) atoms. The molecule has 1 amide bonds. The highest BCUT2D eigenvalue weighted by molar-refractivity contribution is 6.30. The first kappa shape index (κ1) is 23.4. The maximum absolute atomic E-state index is 12.5. The number of unbranched alkanes of at least 4 members (excludes halogenated alkanes) is 1. The van der Waals surface area contributed by atoms with Crippen LogP contribution in [0.15, 0.2) is 48.0 Å². The number of nitrogens with one attached hydrogen (secondary N) is 2. The van der Waals surface area contributed by atoms with Crippen molar-refractivity contribution in [1.29, 1.82) is 0 Å². The smallest absolute Gasteiger partial charge is 0.250 e. The molecular formula is C25H31ClN4O3. The van der Waals surface area contributed by atoms with Crippen LogP contribution in [0.2, 0.25) is 5.02 Å². The summed E-state index contributed by atoms with van der Waals surface area (Å²) in [6.45, 7) is 6.10. The zero-order valence-electron chi connectivity index (χ0n) is 19.0. The Morgan fingerprint density at radius 3 is 2.79 bits per heavy atom. The number of nitrogens with zero attached hydrogens (tertiary/aromatic N) is 2. The molecule has 0 spiro atoms. The molecule has 0 radical (unpaired) electrons. The van der Waals surface area contributed by atoms with Gasteiger partial charge in [-0.2, -0.15) is 0 Å². The third-order valence-electron chi connectivity index (χ3n) is 5.97. The van der Waals surface area contributed by atoms with Gasteiger partial charge in [0.25, 0.3) is 5.91 Å². The minimum Gasteiger partial charge on any atom is -0.488 e. The molecule has 0 atom stereocenters. The van der Waals surface area contributed by atoms with Gasteiger partial charge in [-0.25, -0.2) is 0 Å². The summed E-state index contributed by atoms with van der Waals surface area (Å²) in [5, 5.41) is 3.65. The van der Waals surface area contributed by atoms with Gasteiger partial charge in [0.15, 0.2) is 0 Å². The molecule has 2 aliphatic rings. The molecule has 2 aliphatic heterocycles. The van der Waals surface area contributed by atoms with Gasteiger partial charge in [-0.15, -0.1) is 0 Å². The highest BCUT2D eigenvalue weighted by Gasteiger charge is 2.18. The molecule has 0 saturated carbocycles. The normalized spacial score (nSPS) is 15.9. The van der Waals surface area contributed by atoms with Crippen LogP contribution in [0, 0.1) is 0 Å². The van der Waals surface area contributed by atoms with Crippen molar-refractivity contribution in [1.82, 2.24) is 10.2 Å². The van der Waals surface area contributed by atoms with Crippen molar-refractivity contribution in [2.45, 2.75) is 12.8 Å². The van der Waals surface area contributed by atoms with Crippen LogP contribution in [0.4, 0.5) is 11.4 Å². The Balaban J connectivity index is 1.14. The molecule has 2 heterocycles. The number of benzene rings is 2. The van der Waals surface area contributed by atoms with Gasteiger partial charge in [0.05, 0.1) is 18.4 Å². The van der Waals surface area contributed by atoms with Gasteiger partial charge in [-0.05, 0) is 61.9 Å². The Morgan fingerprint density at radius 1 is 1.12 bits per heavy atom. The molecule has 0 aliphatic carbocycles. The number of ether oxygens (including phenoxy) is 1. The largest absolute Gasteiger partial charge is 0.488 e. The van der Waals surface area contributed by atoms with Crippen LogP contribution in [-0.2, 0) is 9.63 Å². The molecule has 0 bridgehead atoms. The number of carbonyl (C=O) groups excluding carboxylic acids is 1. The summed E-state index contributed by atoms with van der Waals surface area (Å²) in [6, 6.07) is 13.7. The van der Waals surface area contributed by atoms with Crippen LogP contribution in [0.3, 0.4) is 0 Å². The summed E-state index contributed by atoms with van der Waals surface area (Å²) in [4.78, 5) is 22.4. The van der Waals surface area contributed by atoms with Crippen molar-refractivity contribution >= 4 is 35.0 Å². The summed E-state index contributed by atoms with van der Waals surface area (Å²) in [5.41, 5.74) is 6.54. The maximum atomic E-state index is 12.5. The first-order valence-corrected chi connectivity index (χ1v) is 11.8. The topological polar surface area (TPSA) is 66.1 Å². The number of amides is 1. The fraction of sp³-hybridized carbons (Fsp3) is 0.400. The number of fused-ring (bicyclic) bond motifs is 1. The molecule has 1 fully saturated rings. The molecule has 0 unspecified atom stereocenters. The third kappa shape index (κ3) is 6.41. The Bertz CT molecular complexity index is 989. The van der Waals surface area contributed by atoms with E-state index in [0.29, 0.717) is 17.1 Å². The Labute approximate surface area is 200 Å². The molecule has 2 N–H and O–H groups in total. The Morgan fingerprint density at radius 2 is 1.97 bits per heavy atom. The molecule has 1 saturated heterocycles. The predicted octanol–water partition coefficient (Wildman–Crippen LogP) is 3.81. The summed E-state index contributed by atoms with van der Waals surface area (Å²) < 4.78 is 5.67. The van der Waals surface area contributed by atoms with E-state index in [1.54, 1.807) is 13.2 Å². The molecule has 0 aromatic heterocycles. The zero-order chi connectivity index (χ0) is 23.0. The average Bonchev–Trinajstić information content (AvgIpc) is 2.84. The van der Waals surface area contributed by atoms with Gasteiger partial charge in [-0.3, -0.25) is 20.0 Å². The van der Waals surface area contributed by atoms with Crippen LogP contribution in [0.25, 0.3) is 6.08 Å². The van der Waals surface area contributed by atoms with E-state index in [9.17, 15) is 4.79 Å². The van der Waals surface area contributed by atoms with E-state index in [4.69, 9.17) is 21.2 Å². The van der Waals surface area contributed by atoms with Gasteiger partial charge in [0.2, 0.25) is 0 Å². The van der Waals surface area contributed by atoms with Gasteiger partial charge >= 0.3 is 0 Å². The standard InChI is InChI=1S/C25H31ClN4O3/c1-32-28-22-5-4-6-23(17-22)30-13-11-29(12-14-30)10-3-2-9-27-25(31)20-15-19-16-21(26)7-8-24(19)33-18-20/h4-8,15-17,28H,2-3,9-14,18H2,1H3,(H,27,31). The summed E-state index contributed by atoms with van der Waals surface area (Å²) in [7, 11) is 1.62. The molecule has 8 heteroatoms. The minimum absolute atomic E-state index is 0.0700. The summed E-state index contributed by atoms with van der Waals surface area (Å²) in [6.07, 6.45) is 3.87. The van der Waals surface area contributed by atoms with E-state index in [2.05, 4.69) is 32.7 Å². The van der Waals surface area contributed by atoms with Crippen molar-refractivity contribution < 1.29 is 14.4 Å². The molecule has 4 rings (SSSR count). The van der Waals surface area contributed by atoms with E-state index in [1.807, 2.05) is 30.3 Å². The monoisotopic (exact) mass is 470 g/mol. The van der Waals surface area contributed by atoms with Crippen molar-refractivity contribution in [3.05, 3.63) is 58.6 Å². The molecule has 176 valence electrons. The third-order valence-corrected chi connectivity index (χ3v) is 6.20. The molecular weight excluding hydrogens is 440 g/mol. The lowest BCUT2D eigenvalue weighted by Crippen LogP contribution is -2.46. The molecule has 7 nitrogen and oxygen atoms in total. The number of anilines is 2. The summed E-state index contributed by atoms with van der Waals surface area (Å²) >= 11 is 6.04. The van der Waals surface area contributed by atoms with Gasteiger partial charge < -0.3 is 15.0 Å². The first-order valence-electron chi connectivity index (χ1n) is 11.4. The Hall–Kier alpha value is -2.74. The number of carbonyl (C=O) groups is 1. The summed E-state index contributed by atoms with van der Waals surface area (Å²) in [5.74, 6) is 0.690. The van der Waals surface area contributed by atoms with Gasteiger partial charge in [0.1, 0.15) is 12.4 Å². The second kappa shape index (κ2) is 11.4. The van der Waals surface area contributed by atoms with Gasteiger partial charge in [0, 0.05) is 49.0 Å². The van der Waals surface area contributed by atoms with Crippen LogP contribution < -0.4 is 20.4 Å². The van der Waals surface area contributed by atoms with E-state index < -0.39 is 0 Å². The highest BCUT2D eigenvalue weighted by atomic mass is 35.5. The first-order chi connectivity index (χ1) is 16.1. The van der Waals surface area contributed by atoms with E-state index in [0.717, 1.165) is 62.6 Å². The lowest BCUT2D eigenvalue weighted by Gasteiger charge is -2.36. The second-order valence-electron chi connectivity index (χ2n) is 8.29. The lowest BCUT2D eigenvalue weighted by atomic mass is 10.1. The van der Waals surface area contributed by atoms with E-state index in [1.165, 1.54) is 5.69 Å². The number of hydrogen-bond acceptors (Lipinski definition) is 6. The SMILES string of the molecule is CONc1cccc(N2CCN(CCCCNC(=O)C3=Cc4cc(Cl)ccc4OC3)CC2)c1. The zero-order valence-corrected chi connectivity index (χ0v) is 19.7. The average molecular weight is 471 g/mol. The van der Waals surface area contributed by atoms with Crippen LogP contribution >= 0.6 is 11.6 Å². The minimum atomic E-state index is -0.0700. The van der Waals surface area contributed by atoms with Gasteiger partial charge in [-0.1, -0.05) is 17.7 Å². The maximum Gasteiger partial charge on any atom is 0.250 e. The fourth-order valence-electron chi connectivity index (χ4n) is 4.17. The van der Waals surface area contributed by atoms with Crippen LogP contribution in [-0.4, -0.2) is 63.8 Å². The van der Waals surface area contributed by atoms with Crippen molar-refractivity contribution in [2.75, 3.05) is 63.4 Å². The Kier molecular flexibility index (Phi) is 8.10. The molecule has 2 aromatic carbocycles. The van der Waals surface area contributed by atoms with Crippen LogP contribution in [0.1, 0.15) is 18.4 Å². The molecule has 2 aromatic rings. The van der Waals surface area contributed by atoms with Crippen LogP contribution in [0.5, 0.6) is 5.75 Å². The second-order valence-corrected chi connectivity index (χ2v) is 8.73. The van der Waals surface area contributed by atoms with Crippen molar-refractivity contribution in [3.8, 4) is 5.75 Å². The fourth-order valence-corrected chi connectivity index (χ4v) is 4.35. The number of rotatable bonds is 9. The predicted molar refractivity (Wildman–Crippen MR) is 133 cm³/mol. The van der Waals surface area contributed by atoms with E-state index in [-0.39, 0.29) is 12.5 Å². The van der Waals surface area contributed by atoms with E-state index >= 15 is 0 Å². The number of hydrogen-bond donors (Lipinski definition) is 2. The number of halogens is 1. The highest BCUT2D eigenvalue weighted by Crippen LogP contribution is 2.29. The van der Waals surface area contributed by atoms with Crippen molar-refractivity contribution in [3.63, 3.8) is 0 Å². The lowest BCUT2D eigenvalue weighted by molar-refractivity contribution is -0.117.